The molecular formula is C14H19F3N2O3. The molecule has 124 valence electrons. The van der Waals surface area contributed by atoms with Gasteiger partial charge >= 0.3 is 12.1 Å². The Bertz CT molecular complexity index is 489. The number of hydrogen-bond acceptors (Lipinski definition) is 4. The minimum absolute atomic E-state index is 0.0588. The smallest absolute Gasteiger partial charge is 0.407 e. The lowest BCUT2D eigenvalue weighted by molar-refractivity contribution is -0.163. The van der Waals surface area contributed by atoms with E-state index in [4.69, 9.17) is 9.84 Å². The second-order valence-corrected chi connectivity index (χ2v) is 5.30. The highest BCUT2D eigenvalue weighted by molar-refractivity contribution is 5.73. The first-order chi connectivity index (χ1) is 10.1. The van der Waals surface area contributed by atoms with Crippen LogP contribution in [0.4, 0.5) is 13.2 Å². The molecule has 0 aliphatic heterocycles. The molecule has 1 heterocycles. The first kappa shape index (κ1) is 18.2. The second kappa shape index (κ2) is 7.44. The summed E-state index contributed by atoms with van der Waals surface area (Å²) in [5.74, 6) is -1.19. The molecule has 2 N–H and O–H groups in total. The Morgan fingerprint density at radius 2 is 2.05 bits per heavy atom. The number of methoxy groups -OCH3 is 1. The fourth-order valence-corrected chi connectivity index (χ4v) is 1.98. The van der Waals surface area contributed by atoms with E-state index in [0.717, 1.165) is 6.20 Å². The van der Waals surface area contributed by atoms with Crippen LogP contribution in [0.1, 0.15) is 31.9 Å². The number of aromatic nitrogens is 1. The van der Waals surface area contributed by atoms with Crippen molar-refractivity contribution in [3.05, 3.63) is 23.9 Å². The highest BCUT2D eigenvalue weighted by atomic mass is 19.4. The monoisotopic (exact) mass is 320 g/mol. The van der Waals surface area contributed by atoms with Gasteiger partial charge in [0, 0.05) is 12.3 Å². The van der Waals surface area contributed by atoms with Gasteiger partial charge in [-0.15, -0.1) is 0 Å². The Morgan fingerprint density at radius 3 is 2.41 bits per heavy atom. The number of nitrogens with zero attached hydrogens (tertiary/aromatic N) is 1. The van der Waals surface area contributed by atoms with Gasteiger partial charge in [0.2, 0.25) is 5.88 Å². The second-order valence-electron chi connectivity index (χ2n) is 5.30. The van der Waals surface area contributed by atoms with Crippen LogP contribution in [0, 0.1) is 5.92 Å². The van der Waals surface area contributed by atoms with Crippen LogP contribution in [0.25, 0.3) is 0 Å². The van der Waals surface area contributed by atoms with Crippen LogP contribution in [0.3, 0.4) is 0 Å². The Balaban J connectivity index is 3.04. The van der Waals surface area contributed by atoms with Crippen LogP contribution < -0.4 is 10.1 Å². The van der Waals surface area contributed by atoms with Crippen molar-refractivity contribution in [1.82, 2.24) is 10.3 Å². The quantitative estimate of drug-likeness (QED) is 0.808. The molecule has 1 aromatic rings. The van der Waals surface area contributed by atoms with Crippen molar-refractivity contribution in [3.8, 4) is 5.88 Å². The Kier molecular flexibility index (Phi) is 6.16. The number of carboxylic acid groups (broad SMARTS) is 1. The molecule has 0 amide bonds. The van der Waals surface area contributed by atoms with Gasteiger partial charge < -0.3 is 9.84 Å². The number of nitrogens with one attached hydrogen (secondary N) is 1. The fourth-order valence-electron chi connectivity index (χ4n) is 1.98. The molecule has 0 aliphatic rings. The van der Waals surface area contributed by atoms with E-state index in [1.54, 1.807) is 13.8 Å². The summed E-state index contributed by atoms with van der Waals surface area (Å²) >= 11 is 0. The maximum atomic E-state index is 13.2. The van der Waals surface area contributed by atoms with Gasteiger partial charge in [0.05, 0.1) is 7.11 Å². The van der Waals surface area contributed by atoms with E-state index in [9.17, 15) is 18.0 Å². The summed E-state index contributed by atoms with van der Waals surface area (Å²) in [4.78, 5) is 14.9. The van der Waals surface area contributed by atoms with Crippen molar-refractivity contribution in [1.29, 1.82) is 0 Å². The topological polar surface area (TPSA) is 71.5 Å². The van der Waals surface area contributed by atoms with Crippen molar-refractivity contribution in [3.63, 3.8) is 0 Å². The summed E-state index contributed by atoms with van der Waals surface area (Å²) in [6.07, 6.45) is -3.52. The van der Waals surface area contributed by atoms with Gasteiger partial charge in [0.1, 0.15) is 12.1 Å². The minimum Gasteiger partial charge on any atom is -0.481 e. The van der Waals surface area contributed by atoms with E-state index in [1.807, 2.05) is 0 Å². The predicted octanol–water partition coefficient (Wildman–Crippen LogP) is 2.78. The standard InChI is InChI=1S/C14H19F3N2O3/c1-8(2)6-10(13(20)21)19-12(14(15,16)17)9-4-5-11(22-3)18-7-9/h4-5,7-8,10,12,19H,6H2,1-3H3,(H,20,21)/t10-,12-/m0/s1. The lowest BCUT2D eigenvalue weighted by Crippen LogP contribution is -2.45. The average molecular weight is 320 g/mol. The third kappa shape index (κ3) is 5.18. The minimum atomic E-state index is -4.64. The van der Waals surface area contributed by atoms with Gasteiger partial charge in [-0.3, -0.25) is 10.1 Å². The number of rotatable bonds is 7. The van der Waals surface area contributed by atoms with Crippen LogP contribution in [0.5, 0.6) is 5.88 Å². The Hall–Kier alpha value is -1.83. The molecule has 0 aliphatic carbocycles. The molecule has 0 unspecified atom stereocenters. The van der Waals surface area contributed by atoms with Crippen LogP contribution in [-0.4, -0.2) is 35.4 Å². The van der Waals surface area contributed by atoms with Gasteiger partial charge in [-0.1, -0.05) is 19.9 Å². The summed E-state index contributed by atoms with van der Waals surface area (Å²) in [5.41, 5.74) is -0.164. The summed E-state index contributed by atoms with van der Waals surface area (Å²) in [6.45, 7) is 3.49. The molecule has 0 radical (unpaired) electrons. The largest absolute Gasteiger partial charge is 0.481 e. The molecule has 5 nitrogen and oxygen atoms in total. The average Bonchev–Trinajstić information content (AvgIpc) is 2.41. The summed E-state index contributed by atoms with van der Waals surface area (Å²) in [7, 11) is 1.35. The van der Waals surface area contributed by atoms with Crippen molar-refractivity contribution in [2.24, 2.45) is 5.92 Å². The first-order valence-electron chi connectivity index (χ1n) is 6.70. The van der Waals surface area contributed by atoms with E-state index in [1.165, 1.54) is 19.2 Å². The lowest BCUT2D eigenvalue weighted by Gasteiger charge is -2.26. The lowest BCUT2D eigenvalue weighted by atomic mass is 10.0. The van der Waals surface area contributed by atoms with E-state index >= 15 is 0 Å². The van der Waals surface area contributed by atoms with Gasteiger partial charge in [-0.2, -0.15) is 13.2 Å². The SMILES string of the molecule is COc1ccc([C@H](N[C@@H](CC(C)C)C(=O)O)C(F)(F)F)cn1. The predicted molar refractivity (Wildman–Crippen MR) is 73.6 cm³/mol. The van der Waals surface area contributed by atoms with Crippen LogP contribution in [0.15, 0.2) is 18.3 Å². The molecule has 0 spiro atoms. The van der Waals surface area contributed by atoms with E-state index in [-0.39, 0.29) is 23.8 Å². The molecule has 8 heteroatoms. The number of hydrogen-bond donors (Lipinski definition) is 2. The zero-order chi connectivity index (χ0) is 16.9. The van der Waals surface area contributed by atoms with Crippen molar-refractivity contribution in [2.45, 2.75) is 38.5 Å². The highest BCUT2D eigenvalue weighted by Crippen LogP contribution is 2.33. The molecule has 2 atom stereocenters. The summed E-state index contributed by atoms with van der Waals surface area (Å²) < 4.78 is 44.5. The number of carboxylic acids is 1. The van der Waals surface area contributed by atoms with Crippen LogP contribution >= 0.6 is 0 Å². The third-order valence-corrected chi connectivity index (χ3v) is 3.00. The zero-order valence-electron chi connectivity index (χ0n) is 12.5. The van der Waals surface area contributed by atoms with Gasteiger partial charge in [0.15, 0.2) is 0 Å². The maximum absolute atomic E-state index is 13.2. The van der Waals surface area contributed by atoms with E-state index in [2.05, 4.69) is 10.3 Å². The molecule has 0 saturated carbocycles. The number of carbonyl (C=O) groups is 1. The van der Waals surface area contributed by atoms with Gasteiger partial charge in [0.25, 0.3) is 0 Å². The number of halogens is 3. The maximum Gasteiger partial charge on any atom is 0.407 e. The number of aliphatic carboxylic acids is 1. The molecule has 0 saturated heterocycles. The Morgan fingerprint density at radius 1 is 1.41 bits per heavy atom. The molecule has 0 bridgehead atoms. The molecule has 0 aromatic carbocycles. The van der Waals surface area contributed by atoms with Crippen molar-refractivity contribution in [2.75, 3.05) is 7.11 Å². The third-order valence-electron chi connectivity index (χ3n) is 3.00. The number of pyridine rings is 1. The first-order valence-corrected chi connectivity index (χ1v) is 6.70. The number of alkyl halides is 3. The van der Waals surface area contributed by atoms with Crippen molar-refractivity contribution >= 4 is 5.97 Å². The van der Waals surface area contributed by atoms with E-state index < -0.39 is 24.2 Å². The summed E-state index contributed by atoms with van der Waals surface area (Å²) in [6, 6.07) is -0.890. The highest BCUT2D eigenvalue weighted by Gasteiger charge is 2.43. The Labute approximate surface area is 126 Å². The van der Waals surface area contributed by atoms with E-state index in [0.29, 0.717) is 0 Å². The molecule has 22 heavy (non-hydrogen) atoms. The zero-order valence-corrected chi connectivity index (χ0v) is 12.5. The normalized spacial score (nSPS) is 14.7. The molecule has 1 aromatic heterocycles. The van der Waals surface area contributed by atoms with Crippen LogP contribution in [-0.2, 0) is 4.79 Å². The van der Waals surface area contributed by atoms with Crippen LogP contribution in [0.2, 0.25) is 0 Å². The fraction of sp³-hybridized carbons (Fsp3) is 0.571. The van der Waals surface area contributed by atoms with Crippen molar-refractivity contribution < 1.29 is 27.8 Å². The number of ether oxygens (including phenoxy) is 1. The molecule has 0 fully saturated rings. The van der Waals surface area contributed by atoms with Gasteiger partial charge in [-0.25, -0.2) is 4.98 Å². The molecular weight excluding hydrogens is 301 g/mol. The molecule has 1 rings (SSSR count). The van der Waals surface area contributed by atoms with Gasteiger partial charge in [-0.05, 0) is 17.9 Å². The summed E-state index contributed by atoms with van der Waals surface area (Å²) in [5, 5.41) is 11.3.